The van der Waals surface area contributed by atoms with Crippen LogP contribution in [0.15, 0.2) is 60.7 Å². The van der Waals surface area contributed by atoms with Gasteiger partial charge in [0, 0.05) is 30.6 Å². The first kappa shape index (κ1) is 28.5. The minimum Gasteiger partial charge on any atom is -0.480 e. The highest BCUT2D eigenvalue weighted by Gasteiger charge is 2.41. The van der Waals surface area contributed by atoms with Crippen molar-refractivity contribution in [2.45, 2.75) is 69.9 Å². The van der Waals surface area contributed by atoms with Crippen molar-refractivity contribution in [1.29, 1.82) is 0 Å². The zero-order valence-corrected chi connectivity index (χ0v) is 24.0. The second kappa shape index (κ2) is 12.6. The van der Waals surface area contributed by atoms with Gasteiger partial charge in [0.05, 0.1) is 5.69 Å². The number of aromatic amines is 1. The Morgan fingerprint density at radius 3 is 2.52 bits per heavy atom. The number of piperidine rings is 1. The highest BCUT2D eigenvalue weighted by Crippen LogP contribution is 2.43. The lowest BCUT2D eigenvalue weighted by Gasteiger charge is -2.35. The lowest BCUT2D eigenvalue weighted by molar-refractivity contribution is -0.145. The highest BCUT2D eigenvalue weighted by molar-refractivity contribution is 5.73. The van der Waals surface area contributed by atoms with Crippen LogP contribution in [0.2, 0.25) is 0 Å². The van der Waals surface area contributed by atoms with Gasteiger partial charge in [0.2, 0.25) is 0 Å². The lowest BCUT2D eigenvalue weighted by Crippen LogP contribution is -2.47. The van der Waals surface area contributed by atoms with Crippen LogP contribution in [-0.4, -0.2) is 69.8 Å². The number of nitrogens with zero attached hydrogens (tertiary/aromatic N) is 3. The zero-order valence-electron chi connectivity index (χ0n) is 24.0. The number of likely N-dealkylation sites (N-methyl/N-ethyl adjacent to an activating group) is 1. The summed E-state index contributed by atoms with van der Waals surface area (Å²) in [4.78, 5) is 16.7. The molecule has 1 aliphatic heterocycles. The van der Waals surface area contributed by atoms with Gasteiger partial charge < -0.3 is 10.0 Å². The Hall–Kier alpha value is -3.03. The molecule has 5 rings (SSSR count). The molecule has 2 aromatic carbocycles. The average molecular weight is 547 g/mol. The number of carboxylic acid groups (broad SMARTS) is 1. The predicted octanol–water partition coefficient (Wildman–Crippen LogP) is 5.92. The van der Waals surface area contributed by atoms with Crippen LogP contribution in [0, 0.1) is 17.7 Å². The largest absolute Gasteiger partial charge is 0.480 e. The smallest absolute Gasteiger partial charge is 0.321 e. The van der Waals surface area contributed by atoms with Gasteiger partial charge in [-0.25, -0.2) is 4.39 Å². The van der Waals surface area contributed by atoms with Crippen LogP contribution in [0.25, 0.3) is 0 Å². The molecule has 6 nitrogen and oxygen atoms in total. The van der Waals surface area contributed by atoms with Gasteiger partial charge in [-0.2, -0.15) is 5.10 Å². The standard InChI is InChI=1S/C33H43FN4O2/c1-22(2)32(33(39)40)37(3)29-18-26(30(20-29)25-10-7-11-27(34)17-25)21-38-14-12-24(13-15-38)31-19-28(35-36-31)16-23-8-5-4-6-9-23/h4-11,17,19,22,24,26,29-30,32H,12-16,18,20-21H2,1-3H3,(H,35,36)(H,39,40)/t26?,29?,30?,32-/m1/s1. The second-order valence-electron chi connectivity index (χ2n) is 12.3. The summed E-state index contributed by atoms with van der Waals surface area (Å²) in [6, 6.07) is 19.4. The Morgan fingerprint density at radius 2 is 1.85 bits per heavy atom. The third-order valence-electron chi connectivity index (χ3n) is 9.23. The Balaban J connectivity index is 1.23. The van der Waals surface area contributed by atoms with E-state index in [0.29, 0.717) is 11.8 Å². The fraction of sp³-hybridized carbons (Fsp3) is 0.515. The molecule has 40 heavy (non-hydrogen) atoms. The molecule has 1 saturated carbocycles. The minimum absolute atomic E-state index is 0.0171. The van der Waals surface area contributed by atoms with Crippen LogP contribution in [-0.2, 0) is 11.2 Å². The molecular formula is C33H43FN4O2. The van der Waals surface area contributed by atoms with E-state index < -0.39 is 12.0 Å². The number of hydrogen-bond donors (Lipinski definition) is 2. The van der Waals surface area contributed by atoms with E-state index in [1.165, 1.54) is 17.3 Å². The van der Waals surface area contributed by atoms with Crippen molar-refractivity contribution >= 4 is 5.97 Å². The number of carbonyl (C=O) groups is 1. The van der Waals surface area contributed by atoms with Gasteiger partial charge in [-0.05, 0) is 92.9 Å². The third-order valence-corrected chi connectivity index (χ3v) is 9.23. The Bertz CT molecular complexity index is 1250. The van der Waals surface area contributed by atoms with Crippen molar-refractivity contribution in [2.75, 3.05) is 26.7 Å². The van der Waals surface area contributed by atoms with Crippen molar-refractivity contribution in [3.63, 3.8) is 0 Å². The van der Waals surface area contributed by atoms with Gasteiger partial charge in [0.15, 0.2) is 0 Å². The summed E-state index contributed by atoms with van der Waals surface area (Å²) >= 11 is 0. The molecule has 7 heteroatoms. The first-order valence-corrected chi connectivity index (χ1v) is 14.8. The van der Waals surface area contributed by atoms with Crippen LogP contribution < -0.4 is 0 Å². The van der Waals surface area contributed by atoms with Crippen molar-refractivity contribution in [1.82, 2.24) is 20.0 Å². The van der Waals surface area contributed by atoms with E-state index in [1.54, 1.807) is 12.1 Å². The summed E-state index contributed by atoms with van der Waals surface area (Å²) in [7, 11) is 1.95. The van der Waals surface area contributed by atoms with Crippen molar-refractivity contribution in [3.05, 3.63) is 89.0 Å². The maximum atomic E-state index is 14.2. The number of rotatable bonds is 10. The molecule has 2 N–H and O–H groups in total. The molecule has 0 bridgehead atoms. The van der Waals surface area contributed by atoms with Crippen LogP contribution in [0.3, 0.4) is 0 Å². The first-order chi connectivity index (χ1) is 19.3. The van der Waals surface area contributed by atoms with Crippen LogP contribution in [0.5, 0.6) is 0 Å². The molecule has 4 atom stereocenters. The highest BCUT2D eigenvalue weighted by atomic mass is 19.1. The number of likely N-dealkylation sites (tertiary alicyclic amines) is 1. The number of nitrogens with one attached hydrogen (secondary N) is 1. The van der Waals surface area contributed by atoms with Crippen LogP contribution in [0.4, 0.5) is 4.39 Å². The van der Waals surface area contributed by atoms with Crippen LogP contribution >= 0.6 is 0 Å². The van der Waals surface area contributed by atoms with Gasteiger partial charge in [-0.3, -0.25) is 14.8 Å². The molecule has 1 aromatic heterocycles. The molecule has 3 aromatic rings. The Kier molecular flexibility index (Phi) is 9.01. The number of hydrogen-bond acceptors (Lipinski definition) is 4. The monoisotopic (exact) mass is 546 g/mol. The number of aliphatic carboxylic acids is 1. The third kappa shape index (κ3) is 6.64. The summed E-state index contributed by atoms with van der Waals surface area (Å²) in [5.74, 6) is 0.0784. The quantitative estimate of drug-likeness (QED) is 0.330. The number of halogens is 1. The summed E-state index contributed by atoms with van der Waals surface area (Å²) in [5.41, 5.74) is 4.64. The van der Waals surface area contributed by atoms with E-state index in [4.69, 9.17) is 0 Å². The number of H-pyrrole nitrogens is 1. The fourth-order valence-corrected chi connectivity index (χ4v) is 7.17. The maximum absolute atomic E-state index is 14.2. The van der Waals surface area contributed by atoms with E-state index in [1.807, 2.05) is 33.0 Å². The van der Waals surface area contributed by atoms with Gasteiger partial charge in [0.25, 0.3) is 0 Å². The van der Waals surface area contributed by atoms with E-state index in [0.717, 1.165) is 63.0 Å². The average Bonchev–Trinajstić information content (AvgIpc) is 3.57. The predicted molar refractivity (Wildman–Crippen MR) is 156 cm³/mol. The molecule has 2 aliphatic rings. The Labute approximate surface area is 237 Å². The lowest BCUT2D eigenvalue weighted by atomic mass is 9.87. The van der Waals surface area contributed by atoms with Gasteiger partial charge >= 0.3 is 5.97 Å². The Morgan fingerprint density at radius 1 is 1.10 bits per heavy atom. The van der Waals surface area contributed by atoms with E-state index in [9.17, 15) is 14.3 Å². The topological polar surface area (TPSA) is 72.5 Å². The molecule has 1 saturated heterocycles. The summed E-state index contributed by atoms with van der Waals surface area (Å²) in [6.07, 6.45) is 4.80. The maximum Gasteiger partial charge on any atom is 0.321 e. The fourth-order valence-electron chi connectivity index (χ4n) is 7.17. The van der Waals surface area contributed by atoms with E-state index in [2.05, 4.69) is 50.3 Å². The van der Waals surface area contributed by atoms with Gasteiger partial charge in [-0.1, -0.05) is 56.3 Å². The molecule has 3 unspecified atom stereocenters. The van der Waals surface area contributed by atoms with Crippen molar-refractivity contribution in [3.8, 4) is 0 Å². The number of aromatic nitrogens is 2. The van der Waals surface area contributed by atoms with Crippen molar-refractivity contribution < 1.29 is 14.3 Å². The van der Waals surface area contributed by atoms with E-state index >= 15 is 0 Å². The molecule has 2 fully saturated rings. The van der Waals surface area contributed by atoms with Crippen LogP contribution in [0.1, 0.15) is 73.9 Å². The molecule has 214 valence electrons. The zero-order chi connectivity index (χ0) is 28.2. The molecule has 0 radical (unpaired) electrons. The molecule has 1 aliphatic carbocycles. The SMILES string of the molecule is CC(C)[C@H](C(=O)O)N(C)C1CC(CN2CCC(c3cc(Cc4ccccc4)[nH]n3)CC2)C(c2cccc(F)c2)C1. The van der Waals surface area contributed by atoms with E-state index in [-0.39, 0.29) is 23.7 Å². The summed E-state index contributed by atoms with van der Waals surface area (Å²) < 4.78 is 14.2. The minimum atomic E-state index is -0.768. The molecule has 0 amide bonds. The first-order valence-electron chi connectivity index (χ1n) is 14.8. The molecule has 0 spiro atoms. The summed E-state index contributed by atoms with van der Waals surface area (Å²) in [5, 5.41) is 17.8. The van der Waals surface area contributed by atoms with Gasteiger partial charge in [-0.15, -0.1) is 0 Å². The number of carboxylic acids is 1. The van der Waals surface area contributed by atoms with Gasteiger partial charge in [0.1, 0.15) is 11.9 Å². The molecular weight excluding hydrogens is 503 g/mol. The number of benzene rings is 2. The normalized spacial score (nSPS) is 23.2. The summed E-state index contributed by atoms with van der Waals surface area (Å²) in [6.45, 7) is 6.93. The second-order valence-corrected chi connectivity index (χ2v) is 12.3. The molecule has 2 heterocycles. The van der Waals surface area contributed by atoms with Crippen molar-refractivity contribution in [2.24, 2.45) is 11.8 Å².